The van der Waals surface area contributed by atoms with Crippen LogP contribution in [0, 0.1) is 11.3 Å². The van der Waals surface area contributed by atoms with Gasteiger partial charge in [0, 0.05) is 5.41 Å². The van der Waals surface area contributed by atoms with Crippen LogP contribution in [0.4, 0.5) is 0 Å². The smallest absolute Gasteiger partial charge is 0.0512 e. The average molecular weight is 248 g/mol. The van der Waals surface area contributed by atoms with E-state index in [2.05, 4.69) is 12.1 Å². The third-order valence-corrected chi connectivity index (χ3v) is 4.29. The van der Waals surface area contributed by atoms with Gasteiger partial charge in [0.1, 0.15) is 0 Å². The lowest BCUT2D eigenvalue weighted by molar-refractivity contribution is 0.0337. The summed E-state index contributed by atoms with van der Waals surface area (Å²) in [5.74, 6) is 0.688. The van der Waals surface area contributed by atoms with Crippen LogP contribution < -0.4 is 0 Å². The summed E-state index contributed by atoms with van der Waals surface area (Å²) in [6.45, 7) is 0.157. The Kier molecular flexibility index (Phi) is 4.79. The molecule has 1 aromatic carbocycles. The molecular weight excluding hydrogens is 224 g/mol. The van der Waals surface area contributed by atoms with Crippen LogP contribution in [-0.4, -0.2) is 23.4 Å². The molecule has 2 N–H and O–H groups in total. The van der Waals surface area contributed by atoms with Gasteiger partial charge in [-0.2, -0.15) is 0 Å². The summed E-state index contributed by atoms with van der Waals surface area (Å²) in [5, 5.41) is 19.5. The Bertz CT molecular complexity index is 337. The van der Waals surface area contributed by atoms with Crippen LogP contribution >= 0.6 is 0 Å². The van der Waals surface area contributed by atoms with Crippen molar-refractivity contribution in [2.45, 2.75) is 38.5 Å². The highest BCUT2D eigenvalue weighted by molar-refractivity contribution is 5.16. The first kappa shape index (κ1) is 13.6. The molecular formula is C16H24O2. The van der Waals surface area contributed by atoms with Gasteiger partial charge in [-0.25, -0.2) is 0 Å². The maximum atomic E-state index is 9.74. The van der Waals surface area contributed by atoms with Crippen LogP contribution in [0.2, 0.25) is 0 Å². The van der Waals surface area contributed by atoms with Crippen LogP contribution in [0.1, 0.15) is 37.7 Å². The molecule has 2 nitrogen and oxygen atoms in total. The second-order valence-corrected chi connectivity index (χ2v) is 5.83. The molecule has 18 heavy (non-hydrogen) atoms. The summed E-state index contributed by atoms with van der Waals surface area (Å²) >= 11 is 0. The summed E-state index contributed by atoms with van der Waals surface area (Å²) < 4.78 is 0. The quantitative estimate of drug-likeness (QED) is 0.812. The van der Waals surface area contributed by atoms with Crippen molar-refractivity contribution in [3.8, 4) is 0 Å². The molecule has 2 heteroatoms. The van der Waals surface area contributed by atoms with Gasteiger partial charge < -0.3 is 10.2 Å². The van der Waals surface area contributed by atoms with Gasteiger partial charge in [0.2, 0.25) is 0 Å². The van der Waals surface area contributed by atoms with E-state index >= 15 is 0 Å². The largest absolute Gasteiger partial charge is 0.396 e. The zero-order valence-electron chi connectivity index (χ0n) is 11.0. The van der Waals surface area contributed by atoms with Gasteiger partial charge in [-0.3, -0.25) is 0 Å². The zero-order chi connectivity index (χ0) is 12.8. The molecule has 1 aliphatic rings. The summed E-state index contributed by atoms with van der Waals surface area (Å²) in [6.07, 6.45) is 6.87. The third-order valence-electron chi connectivity index (χ3n) is 4.29. The van der Waals surface area contributed by atoms with Gasteiger partial charge in [0.05, 0.1) is 13.2 Å². The van der Waals surface area contributed by atoms with E-state index < -0.39 is 0 Å². The second kappa shape index (κ2) is 6.35. The van der Waals surface area contributed by atoms with Crippen molar-refractivity contribution in [1.29, 1.82) is 0 Å². The minimum atomic E-state index is -0.337. The summed E-state index contributed by atoms with van der Waals surface area (Å²) in [6, 6.07) is 10.2. The SMILES string of the molecule is OCC(CO)(Cc1ccccc1)CC1CCCC1. The minimum absolute atomic E-state index is 0.0783. The van der Waals surface area contributed by atoms with Crippen LogP contribution in [0.3, 0.4) is 0 Å². The highest BCUT2D eigenvalue weighted by atomic mass is 16.3. The van der Waals surface area contributed by atoms with Crippen molar-refractivity contribution in [2.24, 2.45) is 11.3 Å². The van der Waals surface area contributed by atoms with Gasteiger partial charge in [-0.05, 0) is 24.3 Å². The number of aliphatic hydroxyl groups excluding tert-OH is 2. The first-order valence-corrected chi connectivity index (χ1v) is 7.04. The third kappa shape index (κ3) is 3.33. The molecule has 0 saturated heterocycles. The van der Waals surface area contributed by atoms with Crippen molar-refractivity contribution in [3.63, 3.8) is 0 Å². The monoisotopic (exact) mass is 248 g/mol. The zero-order valence-corrected chi connectivity index (χ0v) is 11.0. The molecule has 0 radical (unpaired) electrons. The lowest BCUT2D eigenvalue weighted by Gasteiger charge is -2.32. The Morgan fingerprint density at radius 1 is 1.00 bits per heavy atom. The van der Waals surface area contributed by atoms with Gasteiger partial charge in [-0.1, -0.05) is 56.0 Å². The van der Waals surface area contributed by atoms with E-state index in [-0.39, 0.29) is 18.6 Å². The van der Waals surface area contributed by atoms with Crippen molar-refractivity contribution >= 4 is 0 Å². The Hall–Kier alpha value is -0.860. The van der Waals surface area contributed by atoms with Crippen molar-refractivity contribution in [3.05, 3.63) is 35.9 Å². The lowest BCUT2D eigenvalue weighted by Crippen LogP contribution is -2.34. The van der Waals surface area contributed by atoms with E-state index in [9.17, 15) is 10.2 Å². The number of benzene rings is 1. The normalized spacial score (nSPS) is 17.2. The van der Waals surface area contributed by atoms with E-state index in [4.69, 9.17) is 0 Å². The molecule has 1 aromatic rings. The molecule has 100 valence electrons. The average Bonchev–Trinajstić information content (AvgIpc) is 2.92. The van der Waals surface area contributed by atoms with Crippen LogP contribution in [-0.2, 0) is 6.42 Å². The molecule has 1 fully saturated rings. The van der Waals surface area contributed by atoms with Crippen molar-refractivity contribution < 1.29 is 10.2 Å². The van der Waals surface area contributed by atoms with Gasteiger partial charge in [0.15, 0.2) is 0 Å². The van der Waals surface area contributed by atoms with Crippen LogP contribution in [0.15, 0.2) is 30.3 Å². The first-order valence-electron chi connectivity index (χ1n) is 7.04. The first-order chi connectivity index (χ1) is 8.78. The maximum Gasteiger partial charge on any atom is 0.0512 e. The van der Waals surface area contributed by atoms with Crippen molar-refractivity contribution in [1.82, 2.24) is 0 Å². The lowest BCUT2D eigenvalue weighted by atomic mass is 9.75. The molecule has 0 amide bonds. The second-order valence-electron chi connectivity index (χ2n) is 5.83. The van der Waals surface area contributed by atoms with Crippen LogP contribution in [0.25, 0.3) is 0 Å². The summed E-state index contributed by atoms with van der Waals surface area (Å²) in [4.78, 5) is 0. The number of hydrogen-bond donors (Lipinski definition) is 2. The fourth-order valence-corrected chi connectivity index (χ4v) is 3.22. The Balaban J connectivity index is 2.05. The highest BCUT2D eigenvalue weighted by Gasteiger charge is 2.33. The molecule has 1 aliphatic carbocycles. The molecule has 0 unspecified atom stereocenters. The molecule has 0 aromatic heterocycles. The van der Waals surface area contributed by atoms with Crippen molar-refractivity contribution in [2.75, 3.05) is 13.2 Å². The fourth-order valence-electron chi connectivity index (χ4n) is 3.22. The molecule has 2 rings (SSSR count). The highest BCUT2D eigenvalue weighted by Crippen LogP contribution is 2.37. The standard InChI is InChI=1S/C16H24O2/c17-12-16(13-18,11-15-8-4-5-9-15)10-14-6-2-1-3-7-14/h1-3,6-7,15,17-18H,4-5,8-13H2. The van der Waals surface area contributed by atoms with Crippen LogP contribution in [0.5, 0.6) is 0 Å². The maximum absolute atomic E-state index is 9.74. The van der Waals surface area contributed by atoms with Gasteiger partial charge in [-0.15, -0.1) is 0 Å². The number of aliphatic hydroxyl groups is 2. The molecule has 0 aliphatic heterocycles. The molecule has 0 atom stereocenters. The summed E-state index contributed by atoms with van der Waals surface area (Å²) in [5.41, 5.74) is 0.870. The van der Waals surface area contributed by atoms with E-state index in [0.29, 0.717) is 5.92 Å². The predicted octanol–water partition coefficient (Wildman–Crippen LogP) is 2.78. The van der Waals surface area contributed by atoms with Gasteiger partial charge in [0.25, 0.3) is 0 Å². The number of hydrogen-bond acceptors (Lipinski definition) is 2. The van der Waals surface area contributed by atoms with E-state index in [1.165, 1.54) is 31.2 Å². The topological polar surface area (TPSA) is 40.5 Å². The molecule has 0 spiro atoms. The minimum Gasteiger partial charge on any atom is -0.396 e. The fraction of sp³-hybridized carbons (Fsp3) is 0.625. The summed E-state index contributed by atoms with van der Waals surface area (Å²) in [7, 11) is 0. The van der Waals surface area contributed by atoms with Gasteiger partial charge >= 0.3 is 0 Å². The molecule has 1 saturated carbocycles. The van der Waals surface area contributed by atoms with E-state index in [1.807, 2.05) is 18.2 Å². The Labute approximate surface area is 110 Å². The molecule has 0 bridgehead atoms. The Morgan fingerprint density at radius 2 is 1.61 bits per heavy atom. The van der Waals surface area contributed by atoms with E-state index in [1.54, 1.807) is 0 Å². The number of rotatable bonds is 6. The predicted molar refractivity (Wildman–Crippen MR) is 73.3 cm³/mol. The Morgan fingerprint density at radius 3 is 2.17 bits per heavy atom. The van der Waals surface area contributed by atoms with E-state index in [0.717, 1.165) is 12.8 Å². The molecule has 0 heterocycles.